The molecular weight excluding hydrogens is 755 g/mol. The quantitative estimate of drug-likeness (QED) is 0.0800. The van der Waals surface area contributed by atoms with Gasteiger partial charge in [0.1, 0.15) is 0 Å². The van der Waals surface area contributed by atoms with Crippen molar-refractivity contribution in [1.29, 1.82) is 0 Å². The number of nitrogens with two attached hydrogens (primary N) is 2. The van der Waals surface area contributed by atoms with E-state index in [2.05, 4.69) is 31.4 Å². The SMILES string of the molecule is CC(C)C[C@H](NC(=O)[C@H](C)CC(=O)[C@H](CCN)NC(=O)[C@H](CCN)CC(=O)c1ccc(-c2ccc(Cl)cc2)cc1)C(=O)C[C@@H](C)B1OC2C[C@@H]3C[C@@H](C3(C)C)[C@]2(C)O1. The summed E-state index contributed by atoms with van der Waals surface area (Å²) in [6, 6.07) is 12.8. The van der Waals surface area contributed by atoms with Crippen molar-refractivity contribution >= 4 is 47.9 Å². The van der Waals surface area contributed by atoms with Crippen LogP contribution in [0, 0.1) is 35.0 Å². The molecule has 1 aliphatic heterocycles. The number of halogens is 1. The second-order valence-corrected chi connectivity index (χ2v) is 18.8. The van der Waals surface area contributed by atoms with Crippen molar-refractivity contribution in [3.8, 4) is 11.1 Å². The molecule has 2 aromatic rings. The molecule has 3 saturated carbocycles. The Labute approximate surface area is 350 Å². The molecule has 2 aromatic carbocycles. The smallest absolute Gasteiger partial charge is 0.405 e. The minimum atomic E-state index is -0.954. The van der Waals surface area contributed by atoms with Gasteiger partial charge in [0.05, 0.1) is 23.8 Å². The molecule has 2 amide bonds. The number of benzene rings is 2. The van der Waals surface area contributed by atoms with Crippen LogP contribution in [0.1, 0.15) is 110 Å². The molecule has 1 saturated heterocycles. The van der Waals surface area contributed by atoms with E-state index in [0.29, 0.717) is 28.8 Å². The standard InChI is InChI=1S/C45H64BClN4O7/c1-26(2)20-36(39(54)22-28(4)46-57-41-25-33-24-40(44(33,5)6)45(41,7)58-46)51-42(55)27(3)21-38(53)35(17-19-49)50-43(56)32(16-18-48)23-37(52)31-10-8-29(9-11-31)30-12-14-34(47)15-13-30/h8-15,26-28,32-33,35-36,40-41H,16-25,48-49H2,1-7H3,(H,50,56)(H,51,55)/t27-,28-,32-,33+,35+,36+,40+,41?,45+/m1/s1. The van der Waals surface area contributed by atoms with Crippen LogP contribution in [0.5, 0.6) is 0 Å². The first-order valence-corrected chi connectivity index (χ1v) is 21.5. The van der Waals surface area contributed by atoms with Gasteiger partial charge in [-0.15, -0.1) is 0 Å². The monoisotopic (exact) mass is 818 g/mol. The molecule has 4 fully saturated rings. The zero-order valence-electron chi connectivity index (χ0n) is 35.4. The van der Waals surface area contributed by atoms with Crippen molar-refractivity contribution in [1.82, 2.24) is 10.6 Å². The zero-order valence-corrected chi connectivity index (χ0v) is 36.1. The summed E-state index contributed by atoms with van der Waals surface area (Å²) in [5.74, 6) is -2.15. The van der Waals surface area contributed by atoms with Crippen LogP contribution in [-0.2, 0) is 28.5 Å². The summed E-state index contributed by atoms with van der Waals surface area (Å²) in [7, 11) is -0.495. The van der Waals surface area contributed by atoms with E-state index in [-0.39, 0.29) is 91.4 Å². The number of hydrogen-bond acceptors (Lipinski definition) is 9. The van der Waals surface area contributed by atoms with Gasteiger partial charge in [0.15, 0.2) is 17.3 Å². The summed E-state index contributed by atoms with van der Waals surface area (Å²) < 4.78 is 13.1. The maximum atomic E-state index is 13.8. The Morgan fingerprint density at radius 2 is 1.38 bits per heavy atom. The molecule has 316 valence electrons. The maximum absolute atomic E-state index is 13.8. The first kappa shape index (κ1) is 45.7. The van der Waals surface area contributed by atoms with Gasteiger partial charge in [0.2, 0.25) is 11.8 Å². The normalized spacial score (nSPS) is 24.5. The predicted octanol–water partition coefficient (Wildman–Crippen LogP) is 6.58. The second kappa shape index (κ2) is 19.3. The molecule has 11 nitrogen and oxygen atoms in total. The second-order valence-electron chi connectivity index (χ2n) is 18.4. The maximum Gasteiger partial charge on any atom is 0.461 e. The molecular formula is C45H64BClN4O7. The molecule has 0 aromatic heterocycles. The highest BCUT2D eigenvalue weighted by Crippen LogP contribution is 2.66. The summed E-state index contributed by atoms with van der Waals surface area (Å²) in [5, 5.41) is 6.38. The number of hydrogen-bond donors (Lipinski definition) is 4. The fourth-order valence-corrected chi connectivity index (χ4v) is 9.55. The number of carbonyl (C=O) groups excluding carboxylic acids is 5. The Morgan fingerprint density at radius 1 is 0.793 bits per heavy atom. The van der Waals surface area contributed by atoms with Gasteiger partial charge >= 0.3 is 7.12 Å². The molecule has 6 rings (SSSR count). The molecule has 0 spiro atoms. The van der Waals surface area contributed by atoms with Crippen LogP contribution in [-0.4, -0.2) is 73.2 Å². The highest BCUT2D eigenvalue weighted by Gasteiger charge is 2.68. The molecule has 2 bridgehead atoms. The summed E-state index contributed by atoms with van der Waals surface area (Å²) in [4.78, 5) is 67.9. The fraction of sp³-hybridized carbons (Fsp3) is 0.622. The van der Waals surface area contributed by atoms with Gasteiger partial charge in [-0.3, -0.25) is 24.0 Å². The summed E-state index contributed by atoms with van der Waals surface area (Å²) in [6.07, 6.45) is 2.89. The molecule has 4 aliphatic rings. The van der Waals surface area contributed by atoms with Crippen molar-refractivity contribution in [3.05, 3.63) is 59.1 Å². The molecule has 13 heteroatoms. The van der Waals surface area contributed by atoms with Gasteiger partial charge in [0.25, 0.3) is 0 Å². The third-order valence-corrected chi connectivity index (χ3v) is 13.4. The highest BCUT2D eigenvalue weighted by atomic mass is 35.5. The van der Waals surface area contributed by atoms with E-state index < -0.39 is 42.9 Å². The number of Topliss-reactive ketones (excluding diaryl/α,β-unsaturated/α-hetero) is 3. The Kier molecular flexibility index (Phi) is 15.2. The van der Waals surface area contributed by atoms with Crippen molar-refractivity contribution in [2.24, 2.45) is 46.5 Å². The van der Waals surface area contributed by atoms with Crippen LogP contribution >= 0.6 is 11.6 Å². The number of amides is 2. The lowest BCUT2D eigenvalue weighted by molar-refractivity contribution is -0.199. The lowest BCUT2D eigenvalue weighted by Crippen LogP contribution is -2.65. The van der Waals surface area contributed by atoms with E-state index >= 15 is 0 Å². The van der Waals surface area contributed by atoms with E-state index in [1.165, 1.54) is 0 Å². The Hall–Kier alpha value is -3.42. The van der Waals surface area contributed by atoms with Crippen LogP contribution in [0.3, 0.4) is 0 Å². The molecule has 9 atom stereocenters. The largest absolute Gasteiger partial charge is 0.461 e. The summed E-state index contributed by atoms with van der Waals surface area (Å²) in [5.41, 5.74) is 13.9. The van der Waals surface area contributed by atoms with Crippen LogP contribution < -0.4 is 22.1 Å². The first-order chi connectivity index (χ1) is 27.4. The van der Waals surface area contributed by atoms with Crippen molar-refractivity contribution < 1.29 is 33.3 Å². The Balaban J connectivity index is 1.14. The van der Waals surface area contributed by atoms with Gasteiger partial charge in [-0.1, -0.05) is 89.5 Å². The van der Waals surface area contributed by atoms with Gasteiger partial charge in [-0.25, -0.2) is 0 Å². The van der Waals surface area contributed by atoms with Crippen molar-refractivity contribution in [3.63, 3.8) is 0 Å². The third kappa shape index (κ3) is 10.5. The average Bonchev–Trinajstić information content (AvgIpc) is 3.55. The minimum absolute atomic E-state index is 0.0168. The number of carbonyl (C=O) groups is 5. The van der Waals surface area contributed by atoms with E-state index in [1.807, 2.05) is 45.0 Å². The first-order valence-electron chi connectivity index (χ1n) is 21.2. The number of rotatable bonds is 21. The van der Waals surface area contributed by atoms with Gasteiger partial charge in [-0.2, -0.15) is 0 Å². The lowest BCUT2D eigenvalue weighted by atomic mass is 9.43. The fourth-order valence-electron chi connectivity index (χ4n) is 9.42. The van der Waals surface area contributed by atoms with E-state index in [0.717, 1.165) is 24.0 Å². The van der Waals surface area contributed by atoms with Gasteiger partial charge in [-0.05, 0) is 104 Å². The van der Waals surface area contributed by atoms with Crippen LogP contribution in [0.4, 0.5) is 0 Å². The van der Waals surface area contributed by atoms with Gasteiger partial charge < -0.3 is 31.4 Å². The molecule has 0 radical (unpaired) electrons. The van der Waals surface area contributed by atoms with E-state index in [9.17, 15) is 24.0 Å². The van der Waals surface area contributed by atoms with Crippen molar-refractivity contribution in [2.45, 2.75) is 129 Å². The topological polar surface area (TPSA) is 180 Å². The third-order valence-electron chi connectivity index (χ3n) is 13.2. The lowest BCUT2D eigenvalue weighted by Gasteiger charge is -2.64. The summed E-state index contributed by atoms with van der Waals surface area (Å²) >= 11 is 6.02. The molecule has 3 aliphatic carbocycles. The van der Waals surface area contributed by atoms with Crippen LogP contribution in [0.2, 0.25) is 10.8 Å². The highest BCUT2D eigenvalue weighted by molar-refractivity contribution is 6.47. The number of nitrogens with one attached hydrogen (secondary N) is 2. The van der Waals surface area contributed by atoms with E-state index in [4.69, 9.17) is 32.4 Å². The van der Waals surface area contributed by atoms with Crippen LogP contribution in [0.25, 0.3) is 11.1 Å². The number of ketones is 3. The van der Waals surface area contributed by atoms with Crippen molar-refractivity contribution in [2.75, 3.05) is 13.1 Å². The van der Waals surface area contributed by atoms with Gasteiger partial charge in [0, 0.05) is 41.7 Å². The molecule has 1 unspecified atom stereocenters. The minimum Gasteiger partial charge on any atom is -0.405 e. The van der Waals surface area contributed by atoms with Crippen LogP contribution in [0.15, 0.2) is 48.5 Å². The predicted molar refractivity (Wildman–Crippen MR) is 228 cm³/mol. The van der Waals surface area contributed by atoms with E-state index in [1.54, 1.807) is 31.2 Å². The average molecular weight is 819 g/mol. The molecule has 6 N–H and O–H groups in total. The molecule has 58 heavy (non-hydrogen) atoms. The summed E-state index contributed by atoms with van der Waals surface area (Å²) in [6.45, 7) is 14.7. The molecule has 1 heterocycles. The zero-order chi connectivity index (χ0) is 42.5. The Bertz CT molecular complexity index is 1790. The Morgan fingerprint density at radius 3 is 1.97 bits per heavy atom.